The SMILES string of the molecule is O=S1CCNCC1C1CCCCS1(=O)=O. The lowest BCUT2D eigenvalue weighted by atomic mass is 10.1. The van der Waals surface area contributed by atoms with Crippen LogP contribution in [0.15, 0.2) is 0 Å². The standard InChI is InChI=1S/C9H17NO3S2/c11-14-5-4-10-7-8(14)9-3-1-2-6-15(9,12)13/h8-10H,1-7H2. The molecule has 0 saturated carbocycles. The topological polar surface area (TPSA) is 63.2 Å². The third-order valence-corrected chi connectivity index (χ3v) is 7.50. The molecule has 0 aliphatic carbocycles. The third kappa shape index (κ3) is 2.42. The Kier molecular flexibility index (Phi) is 3.47. The second kappa shape index (κ2) is 4.51. The summed E-state index contributed by atoms with van der Waals surface area (Å²) in [6, 6.07) is 0. The lowest BCUT2D eigenvalue weighted by Crippen LogP contribution is -2.51. The van der Waals surface area contributed by atoms with Crippen LogP contribution < -0.4 is 5.32 Å². The van der Waals surface area contributed by atoms with Gasteiger partial charge in [-0.3, -0.25) is 4.21 Å². The molecule has 6 heteroatoms. The largest absolute Gasteiger partial charge is 0.315 e. The van der Waals surface area contributed by atoms with Gasteiger partial charge in [-0.05, 0) is 12.8 Å². The Morgan fingerprint density at radius 3 is 2.73 bits per heavy atom. The fourth-order valence-electron chi connectivity index (χ4n) is 2.36. The van der Waals surface area contributed by atoms with Gasteiger partial charge in [-0.1, -0.05) is 6.42 Å². The number of nitrogens with one attached hydrogen (secondary N) is 1. The highest BCUT2D eigenvalue weighted by Crippen LogP contribution is 2.25. The van der Waals surface area contributed by atoms with Crippen molar-refractivity contribution in [3.8, 4) is 0 Å². The van der Waals surface area contributed by atoms with E-state index in [1.807, 2.05) is 0 Å². The normalized spacial score (nSPS) is 41.2. The summed E-state index contributed by atoms with van der Waals surface area (Å²) in [5.41, 5.74) is 0. The molecule has 3 atom stereocenters. The molecule has 0 radical (unpaired) electrons. The maximum atomic E-state index is 11.9. The quantitative estimate of drug-likeness (QED) is 0.693. The van der Waals surface area contributed by atoms with Crippen molar-refractivity contribution in [1.29, 1.82) is 0 Å². The van der Waals surface area contributed by atoms with Crippen molar-refractivity contribution < 1.29 is 12.6 Å². The minimum absolute atomic E-state index is 0.177. The molecule has 3 unspecified atom stereocenters. The van der Waals surface area contributed by atoms with Crippen LogP contribution in [-0.2, 0) is 20.6 Å². The van der Waals surface area contributed by atoms with Gasteiger partial charge in [-0.15, -0.1) is 0 Å². The molecule has 2 heterocycles. The Hall–Kier alpha value is 0.0600. The highest BCUT2D eigenvalue weighted by Gasteiger charge is 2.39. The first-order valence-corrected chi connectivity index (χ1v) is 8.50. The van der Waals surface area contributed by atoms with Gasteiger partial charge in [0.25, 0.3) is 0 Å². The second-order valence-corrected chi connectivity index (χ2v) is 8.34. The van der Waals surface area contributed by atoms with Crippen molar-refractivity contribution in [3.63, 3.8) is 0 Å². The summed E-state index contributed by atoms with van der Waals surface area (Å²) >= 11 is 0. The average Bonchev–Trinajstić information content (AvgIpc) is 2.19. The Labute approximate surface area is 93.2 Å². The molecular weight excluding hydrogens is 234 g/mol. The predicted molar refractivity (Wildman–Crippen MR) is 61.1 cm³/mol. The predicted octanol–water partition coefficient (Wildman–Crippen LogP) is -0.326. The van der Waals surface area contributed by atoms with Crippen LogP contribution in [0.3, 0.4) is 0 Å². The van der Waals surface area contributed by atoms with E-state index in [4.69, 9.17) is 0 Å². The van der Waals surface area contributed by atoms with E-state index in [1.54, 1.807) is 0 Å². The molecule has 2 fully saturated rings. The molecule has 0 spiro atoms. The lowest BCUT2D eigenvalue weighted by molar-refractivity contribution is 0.511. The van der Waals surface area contributed by atoms with E-state index < -0.39 is 20.6 Å². The summed E-state index contributed by atoms with van der Waals surface area (Å²) in [6.07, 6.45) is 2.42. The summed E-state index contributed by atoms with van der Waals surface area (Å²) in [6.45, 7) is 1.34. The van der Waals surface area contributed by atoms with E-state index in [9.17, 15) is 12.6 Å². The van der Waals surface area contributed by atoms with Crippen LogP contribution in [0.25, 0.3) is 0 Å². The molecule has 0 aromatic rings. The average molecular weight is 251 g/mol. The molecule has 0 bridgehead atoms. The minimum Gasteiger partial charge on any atom is -0.315 e. The Balaban J connectivity index is 2.17. The fourth-order valence-corrected chi connectivity index (χ4v) is 6.66. The van der Waals surface area contributed by atoms with Crippen molar-refractivity contribution >= 4 is 20.6 Å². The van der Waals surface area contributed by atoms with E-state index in [-0.39, 0.29) is 16.3 Å². The van der Waals surface area contributed by atoms with Crippen molar-refractivity contribution in [2.75, 3.05) is 24.6 Å². The number of rotatable bonds is 1. The molecule has 2 rings (SSSR count). The van der Waals surface area contributed by atoms with E-state index in [1.165, 1.54) is 0 Å². The van der Waals surface area contributed by atoms with Gasteiger partial charge in [-0.25, -0.2) is 8.42 Å². The van der Waals surface area contributed by atoms with E-state index in [2.05, 4.69) is 5.32 Å². The van der Waals surface area contributed by atoms with Gasteiger partial charge in [0, 0.05) is 29.6 Å². The molecule has 0 aromatic carbocycles. The van der Waals surface area contributed by atoms with E-state index in [0.29, 0.717) is 18.7 Å². The monoisotopic (exact) mass is 251 g/mol. The zero-order valence-electron chi connectivity index (χ0n) is 8.65. The second-order valence-electron chi connectivity index (χ2n) is 4.23. The van der Waals surface area contributed by atoms with Crippen LogP contribution in [0.1, 0.15) is 19.3 Å². The van der Waals surface area contributed by atoms with Crippen molar-refractivity contribution in [3.05, 3.63) is 0 Å². The van der Waals surface area contributed by atoms with Crippen LogP contribution >= 0.6 is 0 Å². The smallest absolute Gasteiger partial charge is 0.154 e. The summed E-state index contributed by atoms with van der Waals surface area (Å²) < 4.78 is 35.5. The Morgan fingerprint density at radius 2 is 2.07 bits per heavy atom. The summed E-state index contributed by atoms with van der Waals surface area (Å²) in [7, 11) is -3.95. The van der Waals surface area contributed by atoms with Gasteiger partial charge in [0.2, 0.25) is 0 Å². The highest BCUT2D eigenvalue weighted by atomic mass is 32.2. The molecule has 2 aliphatic rings. The summed E-state index contributed by atoms with van der Waals surface area (Å²) in [5, 5.41) is 2.60. The maximum absolute atomic E-state index is 11.9. The van der Waals surface area contributed by atoms with Crippen LogP contribution in [0.4, 0.5) is 0 Å². The minimum atomic E-state index is -2.99. The summed E-state index contributed by atoms with van der Waals surface area (Å²) in [4.78, 5) is 0. The zero-order valence-corrected chi connectivity index (χ0v) is 10.3. The van der Waals surface area contributed by atoms with Gasteiger partial charge < -0.3 is 5.32 Å². The molecule has 15 heavy (non-hydrogen) atoms. The van der Waals surface area contributed by atoms with E-state index >= 15 is 0 Å². The van der Waals surface area contributed by atoms with Gasteiger partial charge in [0.05, 0.1) is 16.3 Å². The van der Waals surface area contributed by atoms with E-state index in [0.717, 1.165) is 19.4 Å². The van der Waals surface area contributed by atoms with Gasteiger partial charge in [-0.2, -0.15) is 0 Å². The summed E-state index contributed by atoms with van der Waals surface area (Å²) in [5.74, 6) is 0.877. The van der Waals surface area contributed by atoms with Gasteiger partial charge in [0.15, 0.2) is 9.84 Å². The molecule has 2 aliphatic heterocycles. The highest BCUT2D eigenvalue weighted by molar-refractivity contribution is 7.94. The molecular formula is C9H17NO3S2. The first-order valence-electron chi connectivity index (χ1n) is 5.41. The molecule has 2 saturated heterocycles. The van der Waals surface area contributed by atoms with Gasteiger partial charge >= 0.3 is 0 Å². The van der Waals surface area contributed by atoms with Crippen LogP contribution in [0.5, 0.6) is 0 Å². The van der Waals surface area contributed by atoms with Gasteiger partial charge in [0.1, 0.15) is 0 Å². The molecule has 88 valence electrons. The number of sulfone groups is 1. The Bertz CT molecular complexity index is 352. The number of hydrogen-bond donors (Lipinski definition) is 1. The van der Waals surface area contributed by atoms with Crippen molar-refractivity contribution in [1.82, 2.24) is 5.32 Å². The lowest BCUT2D eigenvalue weighted by Gasteiger charge is -2.32. The molecule has 0 amide bonds. The third-order valence-electron chi connectivity index (χ3n) is 3.21. The molecule has 4 nitrogen and oxygen atoms in total. The first kappa shape index (κ1) is 11.5. The fraction of sp³-hybridized carbons (Fsp3) is 1.00. The van der Waals surface area contributed by atoms with Crippen molar-refractivity contribution in [2.24, 2.45) is 0 Å². The van der Waals surface area contributed by atoms with Crippen molar-refractivity contribution in [2.45, 2.75) is 29.8 Å². The Morgan fingerprint density at radius 1 is 1.27 bits per heavy atom. The maximum Gasteiger partial charge on any atom is 0.154 e. The molecule has 1 N–H and O–H groups in total. The zero-order chi connectivity index (χ0) is 10.9. The van der Waals surface area contributed by atoms with Crippen LogP contribution in [-0.4, -0.2) is 47.7 Å². The van der Waals surface area contributed by atoms with Crippen LogP contribution in [0.2, 0.25) is 0 Å². The number of hydrogen-bond acceptors (Lipinski definition) is 4. The van der Waals surface area contributed by atoms with Crippen LogP contribution in [0, 0.1) is 0 Å². The molecule has 0 aromatic heterocycles. The first-order chi connectivity index (χ1) is 7.11.